The van der Waals surface area contributed by atoms with Crippen LogP contribution in [0.1, 0.15) is 36.4 Å². The molecule has 0 N–H and O–H groups in total. The van der Waals surface area contributed by atoms with E-state index in [9.17, 15) is 4.79 Å². The molecular formula is C11H14N2O3S. The van der Waals surface area contributed by atoms with Crippen molar-refractivity contribution in [3.05, 3.63) is 11.7 Å². The van der Waals surface area contributed by atoms with Crippen LogP contribution < -0.4 is 0 Å². The summed E-state index contributed by atoms with van der Waals surface area (Å²) in [6.45, 7) is 1.51. The third-order valence-electron chi connectivity index (χ3n) is 3.26. The molecule has 2 saturated heterocycles. The van der Waals surface area contributed by atoms with Crippen molar-refractivity contribution in [2.75, 3.05) is 24.7 Å². The summed E-state index contributed by atoms with van der Waals surface area (Å²) >= 11 is 1.63. The maximum atomic E-state index is 11.6. The van der Waals surface area contributed by atoms with E-state index in [1.165, 1.54) is 0 Å². The molecule has 1 unspecified atom stereocenters. The molecule has 92 valence electrons. The second-order valence-corrected chi connectivity index (χ2v) is 5.44. The van der Waals surface area contributed by atoms with Crippen LogP contribution in [0.25, 0.3) is 0 Å². The predicted octanol–water partition coefficient (Wildman–Crippen LogP) is 1.36. The number of thioether (sulfide) groups is 1. The van der Waals surface area contributed by atoms with E-state index >= 15 is 0 Å². The monoisotopic (exact) mass is 254 g/mol. The Bertz CT molecular complexity index is 415. The minimum absolute atomic E-state index is 0.180. The molecule has 1 aromatic rings. The number of carbonyl (C=O) groups is 1. The lowest BCUT2D eigenvalue weighted by molar-refractivity contribution is -0.117. The zero-order chi connectivity index (χ0) is 11.7. The van der Waals surface area contributed by atoms with Crippen LogP contribution in [0.4, 0.5) is 0 Å². The number of hydrogen-bond donors (Lipinski definition) is 0. The fourth-order valence-electron chi connectivity index (χ4n) is 2.19. The Balaban J connectivity index is 1.75. The van der Waals surface area contributed by atoms with Gasteiger partial charge in [0, 0.05) is 24.9 Å². The van der Waals surface area contributed by atoms with Crippen LogP contribution in [0.3, 0.4) is 0 Å². The van der Waals surface area contributed by atoms with Crippen molar-refractivity contribution in [2.45, 2.75) is 24.7 Å². The van der Waals surface area contributed by atoms with Crippen molar-refractivity contribution in [1.82, 2.24) is 10.1 Å². The maximum Gasteiger partial charge on any atom is 0.238 e. The SMILES string of the molecule is O=C1CSCC1c1nc(C2CCOCC2)no1. The lowest BCUT2D eigenvalue weighted by Crippen LogP contribution is -2.15. The number of carbonyl (C=O) groups excluding carboxylic acids is 1. The molecule has 6 heteroatoms. The minimum atomic E-state index is -0.180. The van der Waals surface area contributed by atoms with Crippen molar-refractivity contribution >= 4 is 17.5 Å². The molecule has 2 fully saturated rings. The van der Waals surface area contributed by atoms with Crippen LogP contribution in [0.2, 0.25) is 0 Å². The van der Waals surface area contributed by atoms with E-state index < -0.39 is 0 Å². The van der Waals surface area contributed by atoms with Crippen molar-refractivity contribution in [3.8, 4) is 0 Å². The van der Waals surface area contributed by atoms with Gasteiger partial charge in [0.15, 0.2) is 11.6 Å². The molecule has 0 bridgehead atoms. The molecule has 0 spiro atoms. The molecular weight excluding hydrogens is 240 g/mol. The molecule has 2 aliphatic heterocycles. The first-order chi connectivity index (χ1) is 8.34. The van der Waals surface area contributed by atoms with Crippen LogP contribution in [-0.2, 0) is 9.53 Å². The van der Waals surface area contributed by atoms with Crippen molar-refractivity contribution in [2.24, 2.45) is 0 Å². The summed E-state index contributed by atoms with van der Waals surface area (Å²) in [6, 6.07) is 0. The van der Waals surface area contributed by atoms with Gasteiger partial charge in [0.25, 0.3) is 0 Å². The average molecular weight is 254 g/mol. The van der Waals surface area contributed by atoms with Crippen LogP contribution >= 0.6 is 11.8 Å². The zero-order valence-corrected chi connectivity index (χ0v) is 10.2. The summed E-state index contributed by atoms with van der Waals surface area (Å²) in [5, 5.41) is 4.02. The lowest BCUT2D eigenvalue weighted by atomic mass is 10.00. The maximum absolute atomic E-state index is 11.6. The number of Topliss-reactive ketones (excluding diaryl/α,β-unsaturated/α-hetero) is 1. The number of aromatic nitrogens is 2. The minimum Gasteiger partial charge on any atom is -0.381 e. The molecule has 5 nitrogen and oxygen atoms in total. The number of ether oxygens (including phenoxy) is 1. The van der Waals surface area contributed by atoms with Crippen molar-refractivity contribution in [1.29, 1.82) is 0 Å². The molecule has 0 aliphatic carbocycles. The highest BCUT2D eigenvalue weighted by Gasteiger charge is 2.32. The fraction of sp³-hybridized carbons (Fsp3) is 0.727. The Labute approximate surface area is 103 Å². The average Bonchev–Trinajstić information content (AvgIpc) is 2.98. The highest BCUT2D eigenvalue weighted by atomic mass is 32.2. The summed E-state index contributed by atoms with van der Waals surface area (Å²) < 4.78 is 10.5. The van der Waals surface area contributed by atoms with Gasteiger partial charge < -0.3 is 9.26 Å². The molecule has 3 rings (SSSR count). The molecule has 0 saturated carbocycles. The Morgan fingerprint density at radius 2 is 2.12 bits per heavy atom. The third-order valence-corrected chi connectivity index (χ3v) is 4.32. The van der Waals surface area contributed by atoms with Gasteiger partial charge in [0.05, 0.1) is 5.75 Å². The van der Waals surface area contributed by atoms with Crippen LogP contribution in [-0.4, -0.2) is 40.6 Å². The van der Waals surface area contributed by atoms with Gasteiger partial charge in [-0.15, -0.1) is 0 Å². The third kappa shape index (κ3) is 2.24. The standard InChI is InChI=1S/C11H14N2O3S/c14-9-6-17-5-8(9)11-12-10(13-16-11)7-1-3-15-4-2-7/h7-8H,1-6H2. The quantitative estimate of drug-likeness (QED) is 0.794. The van der Waals surface area contributed by atoms with Gasteiger partial charge in [-0.25, -0.2) is 0 Å². The summed E-state index contributed by atoms with van der Waals surface area (Å²) in [5.74, 6) is 2.94. The van der Waals surface area contributed by atoms with Crippen molar-refractivity contribution < 1.29 is 14.1 Å². The number of rotatable bonds is 2. The molecule has 1 atom stereocenters. The largest absolute Gasteiger partial charge is 0.381 e. The van der Waals surface area contributed by atoms with Gasteiger partial charge in [0.1, 0.15) is 5.92 Å². The number of nitrogens with zero attached hydrogens (tertiary/aromatic N) is 2. The zero-order valence-electron chi connectivity index (χ0n) is 9.42. The van der Waals surface area contributed by atoms with E-state index in [0.29, 0.717) is 17.6 Å². The number of hydrogen-bond acceptors (Lipinski definition) is 6. The molecule has 2 aliphatic rings. The van der Waals surface area contributed by atoms with Gasteiger partial charge in [-0.05, 0) is 12.8 Å². The first kappa shape index (κ1) is 11.2. The van der Waals surface area contributed by atoms with Gasteiger partial charge in [-0.3, -0.25) is 4.79 Å². The highest BCUT2D eigenvalue weighted by Crippen LogP contribution is 2.30. The smallest absolute Gasteiger partial charge is 0.238 e. The normalized spacial score (nSPS) is 26.6. The van der Waals surface area contributed by atoms with E-state index in [2.05, 4.69) is 10.1 Å². The molecule has 0 amide bonds. The van der Waals surface area contributed by atoms with E-state index in [1.54, 1.807) is 11.8 Å². The Kier molecular flexibility index (Phi) is 3.15. The summed E-state index contributed by atoms with van der Waals surface area (Å²) in [6.07, 6.45) is 1.87. The first-order valence-electron chi connectivity index (χ1n) is 5.86. The Hall–Kier alpha value is -0.880. The Morgan fingerprint density at radius 1 is 1.29 bits per heavy atom. The molecule has 3 heterocycles. The van der Waals surface area contributed by atoms with Crippen LogP contribution in [0, 0.1) is 0 Å². The number of ketones is 1. The fourth-order valence-corrected chi connectivity index (χ4v) is 3.27. The summed E-state index contributed by atoms with van der Waals surface area (Å²) in [7, 11) is 0. The van der Waals surface area contributed by atoms with Gasteiger partial charge >= 0.3 is 0 Å². The van der Waals surface area contributed by atoms with Crippen molar-refractivity contribution in [3.63, 3.8) is 0 Å². The van der Waals surface area contributed by atoms with E-state index in [-0.39, 0.29) is 11.7 Å². The van der Waals surface area contributed by atoms with Gasteiger partial charge in [-0.2, -0.15) is 16.7 Å². The highest BCUT2D eigenvalue weighted by molar-refractivity contribution is 8.00. The van der Waals surface area contributed by atoms with E-state index in [1.807, 2.05) is 0 Å². The molecule has 1 aromatic heterocycles. The summed E-state index contributed by atoms with van der Waals surface area (Å²) in [5.41, 5.74) is 0. The van der Waals surface area contributed by atoms with E-state index in [4.69, 9.17) is 9.26 Å². The van der Waals surface area contributed by atoms with Crippen LogP contribution in [0.5, 0.6) is 0 Å². The van der Waals surface area contributed by atoms with Gasteiger partial charge in [-0.1, -0.05) is 5.16 Å². The molecule has 0 radical (unpaired) electrons. The summed E-state index contributed by atoms with van der Waals surface area (Å²) in [4.78, 5) is 16.0. The molecule has 0 aromatic carbocycles. The topological polar surface area (TPSA) is 65.2 Å². The predicted molar refractivity (Wildman–Crippen MR) is 62.2 cm³/mol. The second-order valence-electron chi connectivity index (χ2n) is 4.41. The molecule has 17 heavy (non-hydrogen) atoms. The first-order valence-corrected chi connectivity index (χ1v) is 7.02. The Morgan fingerprint density at radius 3 is 2.82 bits per heavy atom. The van der Waals surface area contributed by atoms with Crippen LogP contribution in [0.15, 0.2) is 4.52 Å². The lowest BCUT2D eigenvalue weighted by Gasteiger charge is -2.18. The second kappa shape index (κ2) is 4.78. The van der Waals surface area contributed by atoms with E-state index in [0.717, 1.165) is 37.6 Å². The van der Waals surface area contributed by atoms with Gasteiger partial charge in [0.2, 0.25) is 5.89 Å².